The Morgan fingerprint density at radius 1 is 0.893 bits per heavy atom. The summed E-state index contributed by atoms with van der Waals surface area (Å²) < 4.78 is 0. The second-order valence-electron chi connectivity index (χ2n) is 6.19. The quantitative estimate of drug-likeness (QED) is 0.206. The fourth-order valence-electron chi connectivity index (χ4n) is 2.01. The maximum absolute atomic E-state index is 12.4. The van der Waals surface area contributed by atoms with E-state index in [1.807, 2.05) is 0 Å². The maximum atomic E-state index is 12.4. The minimum absolute atomic E-state index is 0.169. The predicted molar refractivity (Wildman–Crippen MR) is 103 cm³/mol. The van der Waals surface area contributed by atoms with Crippen molar-refractivity contribution >= 4 is 41.4 Å². The van der Waals surface area contributed by atoms with Crippen molar-refractivity contribution in [2.75, 3.05) is 12.0 Å². The van der Waals surface area contributed by atoms with E-state index in [9.17, 15) is 29.1 Å². The summed E-state index contributed by atoms with van der Waals surface area (Å²) >= 11 is 1.41. The number of carboxylic acid groups (broad SMARTS) is 2. The number of aliphatic carboxylic acids is 2. The average molecular weight is 420 g/mol. The summed E-state index contributed by atoms with van der Waals surface area (Å²) in [5.74, 6) is -4.03. The van der Waals surface area contributed by atoms with E-state index < -0.39 is 60.2 Å². The van der Waals surface area contributed by atoms with Crippen LogP contribution in [-0.4, -0.2) is 76.0 Å². The zero-order valence-corrected chi connectivity index (χ0v) is 16.9. The minimum Gasteiger partial charge on any atom is -0.481 e. The first-order valence-corrected chi connectivity index (χ1v) is 9.99. The molecule has 0 fully saturated rings. The van der Waals surface area contributed by atoms with E-state index in [-0.39, 0.29) is 12.8 Å². The zero-order valence-electron chi connectivity index (χ0n) is 16.1. The van der Waals surface area contributed by atoms with Crippen LogP contribution in [0.25, 0.3) is 0 Å². The van der Waals surface area contributed by atoms with Crippen LogP contribution >= 0.6 is 11.8 Å². The summed E-state index contributed by atoms with van der Waals surface area (Å²) in [7, 11) is 0. The van der Waals surface area contributed by atoms with E-state index >= 15 is 0 Å². The molecule has 0 rings (SSSR count). The highest BCUT2D eigenvalue weighted by Crippen LogP contribution is 2.04. The summed E-state index contributed by atoms with van der Waals surface area (Å²) in [5.41, 5.74) is 5.41. The molecule has 28 heavy (non-hydrogen) atoms. The molecule has 0 aliphatic rings. The molecule has 3 amide bonds. The van der Waals surface area contributed by atoms with Crippen LogP contribution in [-0.2, 0) is 24.0 Å². The molecule has 12 heteroatoms. The molecule has 0 spiro atoms. The molecule has 160 valence electrons. The van der Waals surface area contributed by atoms with Gasteiger partial charge < -0.3 is 31.9 Å². The topological polar surface area (TPSA) is 188 Å². The Kier molecular flexibility index (Phi) is 11.9. The first-order chi connectivity index (χ1) is 13.0. The van der Waals surface area contributed by atoms with Crippen molar-refractivity contribution in [2.24, 2.45) is 5.73 Å². The molecule has 0 saturated carbocycles. The van der Waals surface area contributed by atoms with Crippen LogP contribution in [0.2, 0.25) is 0 Å². The minimum atomic E-state index is -1.27. The molecule has 0 saturated heterocycles. The van der Waals surface area contributed by atoms with Crippen LogP contribution in [0.3, 0.4) is 0 Å². The third-order valence-corrected chi connectivity index (χ3v) is 4.31. The zero-order chi connectivity index (χ0) is 21.9. The number of rotatable bonds is 13. The van der Waals surface area contributed by atoms with Crippen LogP contribution in [0.1, 0.15) is 33.1 Å². The van der Waals surface area contributed by atoms with Crippen LogP contribution < -0.4 is 21.7 Å². The molecule has 0 aromatic carbocycles. The van der Waals surface area contributed by atoms with Gasteiger partial charge in [0.15, 0.2) is 0 Å². The largest absolute Gasteiger partial charge is 0.481 e. The van der Waals surface area contributed by atoms with E-state index in [0.717, 1.165) is 0 Å². The van der Waals surface area contributed by atoms with Crippen LogP contribution in [0.5, 0.6) is 0 Å². The normalized spacial score (nSPS) is 14.9. The second-order valence-corrected chi connectivity index (χ2v) is 7.18. The number of hydrogen-bond donors (Lipinski definition) is 6. The lowest BCUT2D eigenvalue weighted by Crippen LogP contribution is -2.56. The molecule has 4 atom stereocenters. The lowest BCUT2D eigenvalue weighted by Gasteiger charge is -2.23. The Morgan fingerprint density at radius 2 is 1.46 bits per heavy atom. The van der Waals surface area contributed by atoms with Crippen molar-refractivity contribution in [3.05, 3.63) is 0 Å². The summed E-state index contributed by atoms with van der Waals surface area (Å²) in [6, 6.07) is -4.30. The summed E-state index contributed by atoms with van der Waals surface area (Å²) in [5, 5.41) is 25.1. The van der Waals surface area contributed by atoms with Gasteiger partial charge in [-0.15, -0.1) is 0 Å². The maximum Gasteiger partial charge on any atom is 0.326 e. The van der Waals surface area contributed by atoms with Gasteiger partial charge >= 0.3 is 11.9 Å². The molecular weight excluding hydrogens is 392 g/mol. The number of hydrogen-bond acceptors (Lipinski definition) is 7. The molecular formula is C16H28N4O7S. The number of nitrogens with two attached hydrogens (primary N) is 1. The molecule has 7 N–H and O–H groups in total. The van der Waals surface area contributed by atoms with Crippen LogP contribution in [0.4, 0.5) is 0 Å². The second kappa shape index (κ2) is 12.9. The first-order valence-electron chi connectivity index (χ1n) is 8.59. The molecule has 4 unspecified atom stereocenters. The molecule has 0 aromatic rings. The number of carbonyl (C=O) groups is 5. The number of thioether (sulfide) groups is 1. The fourth-order valence-corrected chi connectivity index (χ4v) is 2.48. The van der Waals surface area contributed by atoms with Crippen molar-refractivity contribution < 1.29 is 34.2 Å². The van der Waals surface area contributed by atoms with Crippen molar-refractivity contribution in [3.63, 3.8) is 0 Å². The van der Waals surface area contributed by atoms with E-state index in [0.29, 0.717) is 5.75 Å². The van der Waals surface area contributed by atoms with Crippen LogP contribution in [0.15, 0.2) is 0 Å². The molecule has 0 heterocycles. The smallest absolute Gasteiger partial charge is 0.326 e. The Bertz CT molecular complexity index is 585. The van der Waals surface area contributed by atoms with E-state index in [4.69, 9.17) is 10.8 Å². The molecule has 0 radical (unpaired) electrons. The molecule has 0 aliphatic carbocycles. The standard InChI is InChI=1S/C16H28N4O7S/c1-8(17)13(23)18-9(2)14(24)19-10(4-5-12(21)22)15(25)20-11(16(26)27)6-7-28-3/h8-11H,4-7,17H2,1-3H3,(H,18,23)(H,19,24)(H,20,25)(H,21,22)(H,26,27). The van der Waals surface area contributed by atoms with Crippen molar-refractivity contribution in [1.82, 2.24) is 16.0 Å². The van der Waals surface area contributed by atoms with E-state index in [1.165, 1.54) is 25.6 Å². The van der Waals surface area contributed by atoms with E-state index in [2.05, 4.69) is 16.0 Å². The third-order valence-electron chi connectivity index (χ3n) is 3.67. The van der Waals surface area contributed by atoms with Crippen molar-refractivity contribution in [2.45, 2.75) is 57.3 Å². The van der Waals surface area contributed by atoms with Gasteiger partial charge in [-0.05, 0) is 38.7 Å². The summed E-state index contributed by atoms with van der Waals surface area (Å²) in [4.78, 5) is 58.3. The van der Waals surface area contributed by atoms with Crippen molar-refractivity contribution in [1.29, 1.82) is 0 Å². The highest BCUT2D eigenvalue weighted by Gasteiger charge is 2.28. The monoisotopic (exact) mass is 420 g/mol. The number of nitrogens with one attached hydrogen (secondary N) is 3. The number of carboxylic acids is 2. The van der Waals surface area contributed by atoms with Gasteiger partial charge in [0.25, 0.3) is 0 Å². The van der Waals surface area contributed by atoms with Gasteiger partial charge in [0.2, 0.25) is 17.7 Å². The van der Waals surface area contributed by atoms with Crippen molar-refractivity contribution in [3.8, 4) is 0 Å². The van der Waals surface area contributed by atoms with Gasteiger partial charge in [-0.3, -0.25) is 19.2 Å². The highest BCUT2D eigenvalue weighted by molar-refractivity contribution is 7.98. The number of carbonyl (C=O) groups excluding carboxylic acids is 3. The van der Waals surface area contributed by atoms with Gasteiger partial charge in [0.05, 0.1) is 6.04 Å². The van der Waals surface area contributed by atoms with Gasteiger partial charge in [0.1, 0.15) is 18.1 Å². The first kappa shape index (κ1) is 25.7. The third kappa shape index (κ3) is 10.1. The molecule has 0 aliphatic heterocycles. The Morgan fingerprint density at radius 3 is 1.93 bits per heavy atom. The summed E-state index contributed by atoms with van der Waals surface area (Å²) in [6.07, 6.45) is 1.30. The Balaban J connectivity index is 5.11. The Hall–Kier alpha value is -2.34. The van der Waals surface area contributed by atoms with Gasteiger partial charge in [-0.25, -0.2) is 4.79 Å². The van der Waals surface area contributed by atoms with Gasteiger partial charge in [-0.2, -0.15) is 11.8 Å². The van der Waals surface area contributed by atoms with E-state index in [1.54, 1.807) is 6.26 Å². The molecule has 11 nitrogen and oxygen atoms in total. The molecule has 0 aromatic heterocycles. The lowest BCUT2D eigenvalue weighted by atomic mass is 10.1. The summed E-state index contributed by atoms with van der Waals surface area (Å²) in [6.45, 7) is 2.81. The molecule has 0 bridgehead atoms. The van der Waals surface area contributed by atoms with Gasteiger partial charge in [-0.1, -0.05) is 0 Å². The van der Waals surface area contributed by atoms with Gasteiger partial charge in [0, 0.05) is 6.42 Å². The fraction of sp³-hybridized carbons (Fsp3) is 0.688. The highest BCUT2D eigenvalue weighted by atomic mass is 32.2. The average Bonchev–Trinajstić information content (AvgIpc) is 2.60. The SMILES string of the molecule is CSCCC(NC(=O)C(CCC(=O)O)NC(=O)C(C)NC(=O)C(C)N)C(=O)O. The van der Waals surface area contributed by atoms with Crippen LogP contribution in [0, 0.1) is 0 Å². The number of amides is 3. The predicted octanol–water partition coefficient (Wildman–Crippen LogP) is -1.49. The Labute approximate surface area is 167 Å². The lowest BCUT2D eigenvalue weighted by molar-refractivity contribution is -0.143.